The lowest BCUT2D eigenvalue weighted by Gasteiger charge is -2.24. The number of halogens is 1. The van der Waals surface area contributed by atoms with Crippen LogP contribution in [0.15, 0.2) is 59.6 Å². The van der Waals surface area contributed by atoms with Crippen LogP contribution in [0.2, 0.25) is 0 Å². The summed E-state index contributed by atoms with van der Waals surface area (Å²) in [5, 5.41) is 6.72. The van der Waals surface area contributed by atoms with Crippen LogP contribution in [0.1, 0.15) is 42.3 Å². The summed E-state index contributed by atoms with van der Waals surface area (Å²) in [4.78, 5) is 18.5. The second-order valence-corrected chi connectivity index (χ2v) is 8.02. The first-order valence-corrected chi connectivity index (χ1v) is 10.2. The molecular weight excluding hydrogens is 487 g/mol. The molecule has 0 aliphatic rings. The van der Waals surface area contributed by atoms with Gasteiger partial charge in [0.05, 0.1) is 6.54 Å². The highest BCUT2D eigenvalue weighted by Gasteiger charge is 2.20. The van der Waals surface area contributed by atoms with Gasteiger partial charge in [-0.2, -0.15) is 0 Å². The molecule has 164 valence electrons. The molecule has 2 N–H and O–H groups in total. The van der Waals surface area contributed by atoms with Crippen molar-refractivity contribution < 1.29 is 4.79 Å². The molecule has 0 aromatic heterocycles. The molecule has 0 saturated carbocycles. The lowest BCUT2D eigenvalue weighted by molar-refractivity contribution is 0.0827. The number of hydrogen-bond donors (Lipinski definition) is 2. The fraction of sp³-hybridized carbons (Fsp3) is 0.417. The van der Waals surface area contributed by atoms with E-state index in [1.165, 1.54) is 5.56 Å². The monoisotopic (exact) mass is 522 g/mol. The van der Waals surface area contributed by atoms with Crippen LogP contribution in [-0.4, -0.2) is 50.5 Å². The number of amides is 1. The minimum absolute atomic E-state index is 0. The molecular formula is C24H35IN4O. The molecule has 0 fully saturated rings. The zero-order valence-corrected chi connectivity index (χ0v) is 21.1. The Balaban J connectivity index is 0.00000450. The Morgan fingerprint density at radius 2 is 1.73 bits per heavy atom. The third-order valence-corrected chi connectivity index (χ3v) is 4.82. The summed E-state index contributed by atoms with van der Waals surface area (Å²) in [6.07, 6.45) is 0.820. The third kappa shape index (κ3) is 7.97. The van der Waals surface area contributed by atoms with E-state index in [0.717, 1.165) is 36.6 Å². The first kappa shape index (κ1) is 25.9. The molecule has 0 radical (unpaired) electrons. The summed E-state index contributed by atoms with van der Waals surface area (Å²) >= 11 is 0. The van der Waals surface area contributed by atoms with Crippen molar-refractivity contribution >= 4 is 35.8 Å². The highest BCUT2D eigenvalue weighted by Crippen LogP contribution is 2.22. The van der Waals surface area contributed by atoms with Crippen LogP contribution in [0.4, 0.5) is 0 Å². The Bertz CT molecular complexity index is 819. The van der Waals surface area contributed by atoms with Crippen molar-refractivity contribution in [2.75, 3.05) is 33.7 Å². The smallest absolute Gasteiger partial charge is 0.253 e. The number of carbonyl (C=O) groups is 1. The summed E-state index contributed by atoms with van der Waals surface area (Å²) in [7, 11) is 3.54. The molecule has 0 aliphatic heterocycles. The van der Waals surface area contributed by atoms with Crippen molar-refractivity contribution in [2.24, 2.45) is 4.99 Å². The quantitative estimate of drug-likeness (QED) is 0.312. The van der Waals surface area contributed by atoms with E-state index in [9.17, 15) is 4.79 Å². The van der Waals surface area contributed by atoms with Gasteiger partial charge in [0.1, 0.15) is 0 Å². The summed E-state index contributed by atoms with van der Waals surface area (Å²) in [5.74, 6) is 0.842. The van der Waals surface area contributed by atoms with Crippen molar-refractivity contribution in [1.82, 2.24) is 15.5 Å². The van der Waals surface area contributed by atoms with Gasteiger partial charge in [0.25, 0.3) is 5.91 Å². The second kappa shape index (κ2) is 12.6. The predicted molar refractivity (Wildman–Crippen MR) is 137 cm³/mol. The van der Waals surface area contributed by atoms with Crippen molar-refractivity contribution in [3.05, 3.63) is 71.3 Å². The van der Waals surface area contributed by atoms with Gasteiger partial charge in [-0.1, -0.05) is 56.3 Å². The van der Waals surface area contributed by atoms with Crippen molar-refractivity contribution in [3.63, 3.8) is 0 Å². The summed E-state index contributed by atoms with van der Waals surface area (Å²) in [6, 6.07) is 18.3. The van der Waals surface area contributed by atoms with Gasteiger partial charge in [0.2, 0.25) is 0 Å². The van der Waals surface area contributed by atoms with E-state index in [2.05, 4.69) is 61.7 Å². The zero-order valence-electron chi connectivity index (χ0n) is 18.7. The fourth-order valence-corrected chi connectivity index (χ4v) is 3.04. The number of nitrogens with one attached hydrogen (secondary N) is 2. The highest BCUT2D eigenvalue weighted by molar-refractivity contribution is 14.0. The first-order chi connectivity index (χ1) is 13.8. The van der Waals surface area contributed by atoms with E-state index >= 15 is 0 Å². The normalized spacial score (nSPS) is 11.4. The Kier molecular flexibility index (Phi) is 10.9. The molecule has 0 unspecified atom stereocenters. The maximum atomic E-state index is 12.1. The van der Waals surface area contributed by atoms with Crippen LogP contribution in [0.5, 0.6) is 0 Å². The Morgan fingerprint density at radius 1 is 1.03 bits per heavy atom. The molecule has 2 aromatic rings. The van der Waals surface area contributed by atoms with E-state index in [4.69, 9.17) is 4.99 Å². The van der Waals surface area contributed by atoms with Crippen LogP contribution in [0, 0.1) is 0 Å². The Hall–Kier alpha value is -2.09. The number of benzene rings is 2. The number of hydrogen-bond acceptors (Lipinski definition) is 2. The molecule has 0 aliphatic carbocycles. The molecule has 2 aromatic carbocycles. The van der Waals surface area contributed by atoms with Gasteiger partial charge in [0, 0.05) is 38.2 Å². The van der Waals surface area contributed by atoms with Crippen LogP contribution in [0.25, 0.3) is 0 Å². The molecule has 0 atom stereocenters. The van der Waals surface area contributed by atoms with Crippen LogP contribution in [-0.2, 0) is 11.8 Å². The van der Waals surface area contributed by atoms with E-state index in [-0.39, 0.29) is 35.3 Å². The molecule has 1 amide bonds. The summed E-state index contributed by atoms with van der Waals surface area (Å²) < 4.78 is 0. The van der Waals surface area contributed by atoms with Gasteiger partial charge in [-0.3, -0.25) is 9.79 Å². The first-order valence-electron chi connectivity index (χ1n) is 10.2. The lowest BCUT2D eigenvalue weighted by Crippen LogP contribution is -2.39. The fourth-order valence-electron chi connectivity index (χ4n) is 3.04. The summed E-state index contributed by atoms with van der Waals surface area (Å²) in [6.45, 7) is 8.74. The number of rotatable bonds is 8. The minimum Gasteiger partial charge on any atom is -0.357 e. The van der Waals surface area contributed by atoms with Gasteiger partial charge in [-0.05, 0) is 36.6 Å². The van der Waals surface area contributed by atoms with Gasteiger partial charge < -0.3 is 15.5 Å². The number of guanidine groups is 1. The van der Waals surface area contributed by atoms with Gasteiger partial charge in [-0.15, -0.1) is 24.0 Å². The molecule has 5 nitrogen and oxygen atoms in total. The lowest BCUT2D eigenvalue weighted by atomic mass is 9.85. The molecule has 6 heteroatoms. The van der Waals surface area contributed by atoms with E-state index in [1.54, 1.807) is 19.0 Å². The van der Waals surface area contributed by atoms with Crippen molar-refractivity contribution in [3.8, 4) is 0 Å². The van der Waals surface area contributed by atoms with Gasteiger partial charge in [-0.25, -0.2) is 0 Å². The average molecular weight is 522 g/mol. The molecule has 2 rings (SSSR count). The van der Waals surface area contributed by atoms with E-state index in [0.29, 0.717) is 6.54 Å². The van der Waals surface area contributed by atoms with Gasteiger partial charge in [0.15, 0.2) is 5.96 Å². The number of aliphatic imine (C=N–C) groups is 1. The largest absolute Gasteiger partial charge is 0.357 e. The third-order valence-electron chi connectivity index (χ3n) is 4.82. The van der Waals surface area contributed by atoms with E-state index < -0.39 is 0 Å². The minimum atomic E-state index is -0.0372. The number of nitrogens with zero attached hydrogens (tertiary/aromatic N) is 2. The number of carbonyl (C=O) groups excluding carboxylic acids is 1. The van der Waals surface area contributed by atoms with Crippen molar-refractivity contribution in [1.29, 1.82) is 0 Å². The Labute approximate surface area is 198 Å². The maximum Gasteiger partial charge on any atom is 0.253 e. The van der Waals surface area contributed by atoms with Crippen LogP contribution < -0.4 is 10.6 Å². The molecule has 0 bridgehead atoms. The highest BCUT2D eigenvalue weighted by atomic mass is 127. The molecule has 0 heterocycles. The van der Waals surface area contributed by atoms with Crippen LogP contribution in [0.3, 0.4) is 0 Å². The van der Waals surface area contributed by atoms with Crippen LogP contribution >= 0.6 is 24.0 Å². The molecule has 30 heavy (non-hydrogen) atoms. The van der Waals surface area contributed by atoms with Gasteiger partial charge >= 0.3 is 0 Å². The second-order valence-electron chi connectivity index (χ2n) is 8.02. The SMILES string of the molecule is CCNC(=NCC(C)(C)c1ccccc1)NCCc1cccc(C(=O)N(C)C)c1.I. The standard InChI is InChI=1S/C24H34N4O.HI/c1-6-25-23(27-18-24(2,3)21-13-8-7-9-14-21)26-16-15-19-11-10-12-20(17-19)22(29)28(4)5;/h7-14,17H,6,15-16,18H2,1-5H3,(H2,25,26,27);1H. The predicted octanol–water partition coefficient (Wildman–Crippen LogP) is 4.08. The van der Waals surface area contributed by atoms with E-state index in [1.807, 2.05) is 24.3 Å². The Morgan fingerprint density at radius 3 is 2.37 bits per heavy atom. The molecule has 0 saturated heterocycles. The maximum absolute atomic E-state index is 12.1. The topological polar surface area (TPSA) is 56.7 Å². The average Bonchev–Trinajstić information content (AvgIpc) is 2.72. The zero-order chi connectivity index (χ0) is 21.3. The van der Waals surface area contributed by atoms with Crippen molar-refractivity contribution in [2.45, 2.75) is 32.6 Å². The molecule has 0 spiro atoms. The summed E-state index contributed by atoms with van der Waals surface area (Å²) in [5.41, 5.74) is 3.09.